The molecule has 1 aromatic heterocycles. The SMILES string of the molecule is Cc1ncsc1CNCc1ccccc1Br. The number of nitrogens with zero attached hydrogens (tertiary/aromatic N) is 1. The van der Waals surface area contributed by atoms with Crippen molar-refractivity contribution < 1.29 is 0 Å². The van der Waals surface area contributed by atoms with Gasteiger partial charge >= 0.3 is 0 Å². The summed E-state index contributed by atoms with van der Waals surface area (Å²) in [6.45, 7) is 3.81. The molecular formula is C12H13BrN2S. The Morgan fingerprint density at radius 3 is 2.81 bits per heavy atom. The molecule has 2 aromatic rings. The molecule has 1 N–H and O–H groups in total. The van der Waals surface area contributed by atoms with E-state index in [4.69, 9.17) is 0 Å². The molecule has 16 heavy (non-hydrogen) atoms. The number of hydrogen-bond donors (Lipinski definition) is 1. The number of thiazole rings is 1. The molecule has 2 nitrogen and oxygen atoms in total. The van der Waals surface area contributed by atoms with E-state index in [1.165, 1.54) is 10.4 Å². The maximum atomic E-state index is 4.23. The normalized spacial score (nSPS) is 10.6. The first-order valence-corrected chi connectivity index (χ1v) is 6.77. The summed E-state index contributed by atoms with van der Waals surface area (Å²) >= 11 is 5.24. The van der Waals surface area contributed by atoms with Crippen LogP contribution in [0.5, 0.6) is 0 Å². The van der Waals surface area contributed by atoms with Gasteiger partial charge in [-0.2, -0.15) is 0 Å². The molecule has 2 rings (SSSR count). The van der Waals surface area contributed by atoms with E-state index in [9.17, 15) is 0 Å². The van der Waals surface area contributed by atoms with Crippen molar-refractivity contribution in [1.29, 1.82) is 0 Å². The number of hydrogen-bond acceptors (Lipinski definition) is 3. The molecular weight excluding hydrogens is 284 g/mol. The van der Waals surface area contributed by atoms with E-state index >= 15 is 0 Å². The summed E-state index contributed by atoms with van der Waals surface area (Å²) in [6, 6.07) is 8.27. The molecule has 0 aliphatic carbocycles. The van der Waals surface area contributed by atoms with Gasteiger partial charge in [-0.15, -0.1) is 11.3 Å². The van der Waals surface area contributed by atoms with Crippen molar-refractivity contribution >= 4 is 27.3 Å². The zero-order valence-corrected chi connectivity index (χ0v) is 11.4. The van der Waals surface area contributed by atoms with Gasteiger partial charge in [0.2, 0.25) is 0 Å². The van der Waals surface area contributed by atoms with Crippen molar-refractivity contribution in [2.24, 2.45) is 0 Å². The number of halogens is 1. The maximum Gasteiger partial charge on any atom is 0.0798 e. The van der Waals surface area contributed by atoms with E-state index in [1.807, 2.05) is 18.5 Å². The summed E-state index contributed by atoms with van der Waals surface area (Å²) in [5.41, 5.74) is 4.31. The minimum atomic E-state index is 0.874. The molecule has 0 saturated heterocycles. The Morgan fingerprint density at radius 2 is 2.12 bits per heavy atom. The highest BCUT2D eigenvalue weighted by molar-refractivity contribution is 9.10. The molecule has 4 heteroatoms. The summed E-state index contributed by atoms with van der Waals surface area (Å²) in [6.07, 6.45) is 0. The van der Waals surface area contributed by atoms with Crippen LogP contribution in [0, 0.1) is 6.92 Å². The van der Waals surface area contributed by atoms with E-state index in [2.05, 4.69) is 44.4 Å². The van der Waals surface area contributed by atoms with E-state index in [0.717, 1.165) is 23.3 Å². The molecule has 0 radical (unpaired) electrons. The predicted molar refractivity (Wildman–Crippen MR) is 71.5 cm³/mol. The quantitative estimate of drug-likeness (QED) is 0.934. The number of nitrogens with one attached hydrogen (secondary N) is 1. The van der Waals surface area contributed by atoms with Gasteiger partial charge in [0.1, 0.15) is 0 Å². The highest BCUT2D eigenvalue weighted by Gasteiger charge is 2.01. The zero-order valence-electron chi connectivity index (χ0n) is 9.03. The Kier molecular flexibility index (Phi) is 4.09. The monoisotopic (exact) mass is 296 g/mol. The summed E-state index contributed by atoms with van der Waals surface area (Å²) in [5, 5.41) is 3.43. The van der Waals surface area contributed by atoms with E-state index in [-0.39, 0.29) is 0 Å². The minimum absolute atomic E-state index is 0.874. The van der Waals surface area contributed by atoms with Crippen LogP contribution in [0.3, 0.4) is 0 Å². The van der Waals surface area contributed by atoms with Crippen LogP contribution in [0.25, 0.3) is 0 Å². The summed E-state index contributed by atoms with van der Waals surface area (Å²) in [7, 11) is 0. The summed E-state index contributed by atoms with van der Waals surface area (Å²) in [5.74, 6) is 0. The van der Waals surface area contributed by atoms with Crippen LogP contribution in [0.2, 0.25) is 0 Å². The molecule has 0 aliphatic rings. The van der Waals surface area contributed by atoms with Gasteiger partial charge in [0, 0.05) is 22.4 Å². The number of aromatic nitrogens is 1. The molecule has 0 atom stereocenters. The predicted octanol–water partition coefficient (Wildman–Crippen LogP) is 3.50. The van der Waals surface area contributed by atoms with Crippen molar-refractivity contribution in [2.45, 2.75) is 20.0 Å². The summed E-state index contributed by atoms with van der Waals surface area (Å²) in [4.78, 5) is 5.54. The first-order valence-electron chi connectivity index (χ1n) is 5.10. The second-order valence-corrected chi connectivity index (χ2v) is 5.35. The fourth-order valence-corrected chi connectivity index (χ4v) is 2.62. The smallest absolute Gasteiger partial charge is 0.0798 e. The Hall–Kier alpha value is -0.710. The average Bonchev–Trinajstić information content (AvgIpc) is 2.67. The largest absolute Gasteiger partial charge is 0.308 e. The lowest BCUT2D eigenvalue weighted by atomic mass is 10.2. The van der Waals surface area contributed by atoms with Gasteiger partial charge in [0.15, 0.2) is 0 Å². The highest BCUT2D eigenvalue weighted by atomic mass is 79.9. The van der Waals surface area contributed by atoms with Gasteiger partial charge < -0.3 is 5.32 Å². The van der Waals surface area contributed by atoms with E-state index in [1.54, 1.807) is 11.3 Å². The topological polar surface area (TPSA) is 24.9 Å². The van der Waals surface area contributed by atoms with Gasteiger partial charge in [-0.05, 0) is 18.6 Å². The summed E-state index contributed by atoms with van der Waals surface area (Å²) < 4.78 is 1.16. The molecule has 0 bridgehead atoms. The maximum absolute atomic E-state index is 4.23. The second-order valence-electron chi connectivity index (χ2n) is 3.56. The molecule has 0 aliphatic heterocycles. The van der Waals surface area contributed by atoms with Crippen LogP contribution >= 0.6 is 27.3 Å². The first-order chi connectivity index (χ1) is 7.77. The van der Waals surface area contributed by atoms with Gasteiger partial charge in [-0.25, -0.2) is 4.98 Å². The lowest BCUT2D eigenvalue weighted by Gasteiger charge is -2.05. The number of aryl methyl sites for hydroxylation is 1. The molecule has 84 valence electrons. The zero-order chi connectivity index (χ0) is 11.4. The molecule has 0 amide bonds. The standard InChI is InChI=1S/C12H13BrN2S/c1-9-12(16-8-15-9)7-14-6-10-4-2-3-5-11(10)13/h2-5,8,14H,6-7H2,1H3. The Morgan fingerprint density at radius 1 is 1.31 bits per heavy atom. The lowest BCUT2D eigenvalue weighted by Crippen LogP contribution is -2.12. The van der Waals surface area contributed by atoms with Crippen LogP contribution in [0.4, 0.5) is 0 Å². The Labute approximate surface area is 108 Å². The van der Waals surface area contributed by atoms with Crippen molar-refractivity contribution in [2.75, 3.05) is 0 Å². The van der Waals surface area contributed by atoms with Crippen LogP contribution in [-0.2, 0) is 13.1 Å². The average molecular weight is 297 g/mol. The van der Waals surface area contributed by atoms with Crippen LogP contribution < -0.4 is 5.32 Å². The van der Waals surface area contributed by atoms with E-state index < -0.39 is 0 Å². The lowest BCUT2D eigenvalue weighted by molar-refractivity contribution is 0.695. The van der Waals surface area contributed by atoms with Gasteiger partial charge in [0.05, 0.1) is 11.2 Å². The van der Waals surface area contributed by atoms with Gasteiger partial charge in [0.25, 0.3) is 0 Å². The van der Waals surface area contributed by atoms with Gasteiger partial charge in [-0.3, -0.25) is 0 Å². The Bertz CT molecular complexity index is 468. The molecule has 0 unspecified atom stereocenters. The van der Waals surface area contributed by atoms with Gasteiger partial charge in [-0.1, -0.05) is 34.1 Å². The van der Waals surface area contributed by atoms with Crippen LogP contribution in [0.15, 0.2) is 34.2 Å². The Balaban J connectivity index is 1.89. The molecule has 1 aromatic carbocycles. The minimum Gasteiger partial charge on any atom is -0.308 e. The molecule has 0 spiro atoms. The third kappa shape index (κ3) is 2.90. The molecule has 0 fully saturated rings. The fourth-order valence-electron chi connectivity index (χ4n) is 1.45. The highest BCUT2D eigenvalue weighted by Crippen LogP contribution is 2.16. The number of rotatable bonds is 4. The first kappa shape index (κ1) is 11.8. The third-order valence-corrected chi connectivity index (χ3v) is 4.11. The van der Waals surface area contributed by atoms with Crippen molar-refractivity contribution in [3.8, 4) is 0 Å². The second kappa shape index (κ2) is 5.57. The third-order valence-electron chi connectivity index (χ3n) is 2.40. The van der Waals surface area contributed by atoms with Crippen LogP contribution in [0.1, 0.15) is 16.1 Å². The van der Waals surface area contributed by atoms with Crippen LogP contribution in [-0.4, -0.2) is 4.98 Å². The van der Waals surface area contributed by atoms with Crippen molar-refractivity contribution in [1.82, 2.24) is 10.3 Å². The fraction of sp³-hybridized carbons (Fsp3) is 0.250. The molecule has 0 saturated carbocycles. The molecule has 1 heterocycles. The van der Waals surface area contributed by atoms with E-state index in [0.29, 0.717) is 0 Å². The number of benzene rings is 1. The van der Waals surface area contributed by atoms with Crippen molar-refractivity contribution in [3.05, 3.63) is 50.4 Å². The van der Waals surface area contributed by atoms with Crippen molar-refractivity contribution in [3.63, 3.8) is 0 Å².